The van der Waals surface area contributed by atoms with E-state index in [1.807, 2.05) is 70.2 Å². The molecule has 4 rings (SSSR count). The molecule has 1 atom stereocenters. The van der Waals surface area contributed by atoms with Gasteiger partial charge in [-0.2, -0.15) is 0 Å². The number of aromatic nitrogens is 1. The maximum absolute atomic E-state index is 4.46. The molecule has 0 amide bonds. The van der Waals surface area contributed by atoms with Crippen LogP contribution in [0.4, 0.5) is 5.69 Å². The van der Waals surface area contributed by atoms with Crippen LogP contribution in [0, 0.1) is 5.92 Å². The predicted octanol–water partition coefficient (Wildman–Crippen LogP) is 10.9. The first-order valence-electron chi connectivity index (χ1n) is 14.8. The maximum atomic E-state index is 4.46. The molecule has 0 radical (unpaired) electrons. The largest absolute Gasteiger partial charge is 0.341 e. The third-order valence-electron chi connectivity index (χ3n) is 6.83. The molecule has 1 aromatic heterocycles. The number of rotatable bonds is 11. The van der Waals surface area contributed by atoms with E-state index in [1.165, 1.54) is 16.8 Å². The van der Waals surface area contributed by atoms with Crippen molar-refractivity contribution in [3.8, 4) is 0 Å². The van der Waals surface area contributed by atoms with Crippen molar-refractivity contribution in [3.63, 3.8) is 0 Å². The van der Waals surface area contributed by atoms with E-state index in [9.17, 15) is 0 Å². The molecule has 0 saturated heterocycles. The Morgan fingerprint density at radius 3 is 2.38 bits per heavy atom. The molecule has 0 spiro atoms. The highest BCUT2D eigenvalue weighted by Gasteiger charge is 2.27. The minimum Gasteiger partial charge on any atom is -0.341 e. The van der Waals surface area contributed by atoms with E-state index in [1.54, 1.807) is 12.3 Å². The molecule has 2 heterocycles. The molecule has 1 aliphatic rings. The van der Waals surface area contributed by atoms with Crippen LogP contribution in [0.2, 0.25) is 0 Å². The van der Waals surface area contributed by atoms with Crippen LogP contribution in [0.3, 0.4) is 0 Å². The van der Waals surface area contributed by atoms with Crippen molar-refractivity contribution in [2.45, 2.75) is 41.0 Å². The zero-order chi connectivity index (χ0) is 31.1. The second-order valence-electron chi connectivity index (χ2n) is 9.27. The van der Waals surface area contributed by atoms with Crippen LogP contribution in [0.25, 0.3) is 28.2 Å². The van der Waals surface area contributed by atoms with Crippen LogP contribution in [0.15, 0.2) is 134 Å². The van der Waals surface area contributed by atoms with Crippen molar-refractivity contribution in [1.82, 2.24) is 4.57 Å². The lowest BCUT2D eigenvalue weighted by atomic mass is 9.99. The third-order valence-corrected chi connectivity index (χ3v) is 6.83. The molecule has 1 unspecified atom stereocenters. The molecule has 3 nitrogen and oxygen atoms in total. The zero-order valence-corrected chi connectivity index (χ0v) is 26.2. The van der Waals surface area contributed by atoms with Gasteiger partial charge in [0.2, 0.25) is 0 Å². The van der Waals surface area contributed by atoms with Crippen molar-refractivity contribution >= 4 is 40.7 Å². The van der Waals surface area contributed by atoms with Gasteiger partial charge in [0.25, 0.3) is 0 Å². The van der Waals surface area contributed by atoms with E-state index >= 15 is 0 Å². The Labute approximate surface area is 254 Å². The van der Waals surface area contributed by atoms with E-state index < -0.39 is 0 Å². The van der Waals surface area contributed by atoms with Crippen molar-refractivity contribution in [2.24, 2.45) is 10.9 Å². The van der Waals surface area contributed by atoms with Crippen molar-refractivity contribution in [1.29, 1.82) is 0 Å². The average Bonchev–Trinajstić information content (AvgIpc) is 3.60. The highest BCUT2D eigenvalue weighted by Crippen LogP contribution is 2.42. The van der Waals surface area contributed by atoms with E-state index in [0.29, 0.717) is 6.54 Å². The number of hydrogen-bond donors (Lipinski definition) is 0. The van der Waals surface area contributed by atoms with Crippen LogP contribution in [0.1, 0.15) is 51.3 Å². The van der Waals surface area contributed by atoms with Crippen LogP contribution < -0.4 is 4.90 Å². The summed E-state index contributed by atoms with van der Waals surface area (Å²) in [5.74, 6) is 0.259. The quantitative estimate of drug-likeness (QED) is 0.130. The first-order chi connectivity index (χ1) is 20.5. The summed E-state index contributed by atoms with van der Waals surface area (Å²) in [4.78, 5) is 6.23. The highest BCUT2D eigenvalue weighted by molar-refractivity contribution is 5.98. The van der Waals surface area contributed by atoms with E-state index in [2.05, 4.69) is 103 Å². The Balaban J connectivity index is 0.00000148. The Morgan fingerprint density at radius 1 is 1.05 bits per heavy atom. The van der Waals surface area contributed by atoms with Crippen LogP contribution >= 0.6 is 0 Å². The molecular weight excluding hydrogens is 510 g/mol. The molecule has 0 bridgehead atoms. The average molecular weight is 558 g/mol. The molecule has 2 aromatic carbocycles. The van der Waals surface area contributed by atoms with Gasteiger partial charge in [0, 0.05) is 53.4 Å². The summed E-state index contributed by atoms with van der Waals surface area (Å²) in [6.45, 7) is 30.8. The minimum atomic E-state index is 0.259. The van der Waals surface area contributed by atoms with Gasteiger partial charge in [-0.25, -0.2) is 0 Å². The Hall–Kier alpha value is -4.63. The fraction of sp³-hybridized carbons (Fsp3) is 0.205. The topological polar surface area (TPSA) is 20.5 Å². The molecular formula is C39H47N3. The van der Waals surface area contributed by atoms with Gasteiger partial charge in [-0.1, -0.05) is 115 Å². The second-order valence-corrected chi connectivity index (χ2v) is 9.27. The van der Waals surface area contributed by atoms with Crippen LogP contribution in [0.5, 0.6) is 0 Å². The predicted molar refractivity (Wildman–Crippen MR) is 191 cm³/mol. The normalized spacial score (nSPS) is 13.7. The molecule has 0 fully saturated rings. The van der Waals surface area contributed by atoms with Gasteiger partial charge in [-0.15, -0.1) is 6.58 Å². The van der Waals surface area contributed by atoms with Gasteiger partial charge < -0.3 is 9.47 Å². The van der Waals surface area contributed by atoms with Gasteiger partial charge >= 0.3 is 0 Å². The summed E-state index contributed by atoms with van der Waals surface area (Å²) in [6.07, 6.45) is 20.9. The minimum absolute atomic E-state index is 0.259. The third kappa shape index (κ3) is 7.76. The van der Waals surface area contributed by atoms with Gasteiger partial charge in [0.1, 0.15) is 0 Å². The fourth-order valence-electron chi connectivity index (χ4n) is 4.81. The fourth-order valence-corrected chi connectivity index (χ4v) is 4.81. The van der Waals surface area contributed by atoms with Gasteiger partial charge in [-0.05, 0) is 59.7 Å². The number of hydrogen-bond acceptors (Lipinski definition) is 2. The summed E-state index contributed by atoms with van der Waals surface area (Å²) >= 11 is 0. The van der Waals surface area contributed by atoms with Crippen LogP contribution in [-0.2, 0) is 6.42 Å². The summed E-state index contributed by atoms with van der Waals surface area (Å²) in [7, 11) is 0. The molecule has 0 N–H and O–H groups in total. The number of aliphatic imine (C=N–C) groups is 1. The van der Waals surface area contributed by atoms with E-state index in [-0.39, 0.29) is 5.92 Å². The molecule has 3 aromatic rings. The molecule has 218 valence electrons. The summed E-state index contributed by atoms with van der Waals surface area (Å²) in [6, 6.07) is 14.8. The number of anilines is 1. The molecule has 0 aliphatic carbocycles. The molecule has 1 aliphatic heterocycles. The summed E-state index contributed by atoms with van der Waals surface area (Å²) in [5.41, 5.74) is 9.09. The van der Waals surface area contributed by atoms with Crippen LogP contribution in [-0.4, -0.2) is 17.8 Å². The monoisotopic (exact) mass is 557 g/mol. The zero-order valence-electron chi connectivity index (χ0n) is 26.2. The maximum Gasteiger partial charge on any atom is 0.0605 e. The first kappa shape index (κ1) is 33.6. The van der Waals surface area contributed by atoms with Crippen molar-refractivity contribution in [2.75, 3.05) is 11.4 Å². The van der Waals surface area contributed by atoms with E-state index in [0.717, 1.165) is 39.9 Å². The van der Waals surface area contributed by atoms with Gasteiger partial charge in [0.15, 0.2) is 0 Å². The molecule has 42 heavy (non-hydrogen) atoms. The lowest BCUT2D eigenvalue weighted by Gasteiger charge is -2.20. The Bertz CT molecular complexity index is 1510. The number of fused-ring (bicyclic) bond motifs is 2. The highest BCUT2D eigenvalue weighted by atomic mass is 15.2. The second kappa shape index (κ2) is 17.2. The Kier molecular flexibility index (Phi) is 13.8. The summed E-state index contributed by atoms with van der Waals surface area (Å²) in [5, 5.41) is 1.16. The van der Waals surface area contributed by atoms with Crippen molar-refractivity contribution < 1.29 is 0 Å². The molecule has 0 saturated carbocycles. The number of allylic oxidation sites excluding steroid dienone is 9. The number of benzene rings is 2. The van der Waals surface area contributed by atoms with E-state index in [4.69, 9.17) is 0 Å². The smallest absolute Gasteiger partial charge is 0.0605 e. The lowest BCUT2D eigenvalue weighted by molar-refractivity contribution is 0.949. The first-order valence-corrected chi connectivity index (χ1v) is 14.8. The van der Waals surface area contributed by atoms with Gasteiger partial charge in [-0.3, -0.25) is 4.99 Å². The number of nitrogens with zero attached hydrogens (tertiary/aromatic N) is 3. The van der Waals surface area contributed by atoms with Crippen molar-refractivity contribution in [3.05, 3.63) is 146 Å². The Morgan fingerprint density at radius 2 is 1.76 bits per heavy atom. The SMILES string of the molecule is C=C/C=C(\C=C)n1ccc2cc3c(c(/C=C\C(C)C=C)c21)CC(=C)N3C/C=C(\C=C/N=C)c1ccccc1.CC.CC. The van der Waals surface area contributed by atoms with Gasteiger partial charge in [0.05, 0.1) is 5.52 Å². The lowest BCUT2D eigenvalue weighted by Crippen LogP contribution is -2.18. The standard InChI is InChI=1S/C35H35N3.2C2H6/c1-7-13-31(9-3)38-23-20-30-25-34-33(32(35(30)38)17-16-26(4)8-2)24-27(5)37(34)22-19-29(18-21-36-6)28-14-11-10-12-15-28;2*1-2/h7-21,23,25-26H,1-3,5-6,22,24H2,4H3;2*1-2H3/b17-16-,21-18-,29-19+,31-13+;;. The molecule has 3 heteroatoms. The summed E-state index contributed by atoms with van der Waals surface area (Å²) < 4.78 is 2.19.